The molecule has 0 bridgehead atoms. The molecule has 0 aromatic carbocycles. The van der Waals surface area contributed by atoms with Gasteiger partial charge in [0.25, 0.3) is 0 Å². The second-order valence-electron chi connectivity index (χ2n) is 7.65. The minimum atomic E-state index is -0.0642. The summed E-state index contributed by atoms with van der Waals surface area (Å²) in [5, 5.41) is 2.96. The Morgan fingerprint density at radius 1 is 1.00 bits per heavy atom. The fourth-order valence-corrected chi connectivity index (χ4v) is 1.76. The van der Waals surface area contributed by atoms with E-state index in [1.54, 1.807) is 0 Å². The summed E-state index contributed by atoms with van der Waals surface area (Å²) in [6.07, 6.45) is 4.57. The van der Waals surface area contributed by atoms with E-state index in [1.807, 2.05) is 0 Å². The summed E-state index contributed by atoms with van der Waals surface area (Å²) in [6.45, 7) is 15.5. The van der Waals surface area contributed by atoms with Gasteiger partial charge in [0.2, 0.25) is 5.91 Å². The third-order valence-corrected chi connectivity index (χ3v) is 3.77. The van der Waals surface area contributed by atoms with Crippen molar-refractivity contribution in [3.05, 3.63) is 0 Å². The molecule has 4 heteroatoms. The first-order valence-electron chi connectivity index (χ1n) is 8.65. The average Bonchev–Trinajstić information content (AvgIpc) is 2.40. The summed E-state index contributed by atoms with van der Waals surface area (Å²) in [6, 6.07) is 0. The van der Waals surface area contributed by atoms with Crippen molar-refractivity contribution in [3.8, 4) is 0 Å². The highest BCUT2D eigenvalue weighted by atomic mass is 16.5. The third kappa shape index (κ3) is 14.3. The maximum atomic E-state index is 11.7. The maximum Gasteiger partial charge on any atom is 0.222 e. The molecule has 0 aromatic heterocycles. The van der Waals surface area contributed by atoms with Crippen LogP contribution in [0.15, 0.2) is 0 Å². The lowest BCUT2D eigenvalue weighted by molar-refractivity contribution is -0.122. The molecule has 0 aliphatic heterocycles. The van der Waals surface area contributed by atoms with Gasteiger partial charge in [0.1, 0.15) is 0 Å². The monoisotopic (exact) mass is 315 g/mol. The lowest BCUT2D eigenvalue weighted by Gasteiger charge is -2.22. The van der Waals surface area contributed by atoms with Crippen molar-refractivity contribution in [1.29, 1.82) is 0 Å². The molecule has 0 heterocycles. The molecule has 0 aliphatic carbocycles. The van der Waals surface area contributed by atoms with Crippen molar-refractivity contribution in [2.24, 2.45) is 5.41 Å². The molecule has 1 N–H and O–H groups in total. The van der Waals surface area contributed by atoms with Crippen LogP contribution in [0.5, 0.6) is 0 Å². The second-order valence-corrected chi connectivity index (χ2v) is 7.65. The van der Waals surface area contributed by atoms with E-state index >= 15 is 0 Å². The highest BCUT2D eigenvalue weighted by Gasteiger charge is 2.14. The van der Waals surface area contributed by atoms with Gasteiger partial charge in [-0.1, -0.05) is 27.2 Å². The minimum Gasteiger partial charge on any atom is -0.381 e. The van der Waals surface area contributed by atoms with E-state index in [-0.39, 0.29) is 11.5 Å². The molecule has 0 aromatic rings. The Bertz CT molecular complexity index is 295. The molecule has 0 saturated carbocycles. The Morgan fingerprint density at radius 2 is 1.64 bits per heavy atom. The first-order chi connectivity index (χ1) is 10.2. The number of carbonyl (C=O) groups is 1. The summed E-state index contributed by atoms with van der Waals surface area (Å²) in [7, 11) is 0. The Morgan fingerprint density at radius 3 is 2.23 bits per heavy atom. The molecule has 0 rings (SSSR count). The zero-order valence-corrected chi connectivity index (χ0v) is 15.6. The van der Waals surface area contributed by atoms with Crippen LogP contribution in [0, 0.1) is 5.41 Å². The van der Waals surface area contributed by atoms with E-state index in [9.17, 15) is 4.79 Å². The first-order valence-corrected chi connectivity index (χ1v) is 8.65. The van der Waals surface area contributed by atoms with E-state index in [1.165, 1.54) is 0 Å². The number of rotatable bonds is 12. The number of ether oxygens (including phenoxy) is 2. The van der Waals surface area contributed by atoms with Crippen molar-refractivity contribution < 1.29 is 14.3 Å². The number of unbranched alkanes of at least 4 members (excludes halogenated alkanes) is 1. The molecule has 4 nitrogen and oxygen atoms in total. The maximum absolute atomic E-state index is 11.7. The van der Waals surface area contributed by atoms with Crippen LogP contribution < -0.4 is 5.32 Å². The molecular formula is C18H37NO3. The van der Waals surface area contributed by atoms with E-state index in [4.69, 9.17) is 9.47 Å². The topological polar surface area (TPSA) is 47.6 Å². The van der Waals surface area contributed by atoms with Crippen LogP contribution in [-0.4, -0.2) is 37.9 Å². The molecular weight excluding hydrogens is 278 g/mol. The largest absolute Gasteiger partial charge is 0.381 e. The molecule has 22 heavy (non-hydrogen) atoms. The Balaban J connectivity index is 3.39. The van der Waals surface area contributed by atoms with Crippen LogP contribution in [0.1, 0.15) is 73.6 Å². The van der Waals surface area contributed by atoms with Gasteiger partial charge in [-0.3, -0.25) is 4.79 Å². The number of hydrogen-bond donors (Lipinski definition) is 1. The summed E-state index contributed by atoms with van der Waals surface area (Å²) >= 11 is 0. The Kier molecular flexibility index (Phi) is 10.7. The SMILES string of the molecule is CCC(C)(C)CCNC(=O)CCOCCCCOC(C)(C)C. The summed E-state index contributed by atoms with van der Waals surface area (Å²) in [4.78, 5) is 11.7. The van der Waals surface area contributed by atoms with E-state index in [0.29, 0.717) is 25.0 Å². The van der Waals surface area contributed by atoms with Crippen LogP contribution in [0.3, 0.4) is 0 Å². The lowest BCUT2D eigenvalue weighted by Crippen LogP contribution is -2.28. The van der Waals surface area contributed by atoms with Crippen LogP contribution >= 0.6 is 0 Å². The highest BCUT2D eigenvalue weighted by Crippen LogP contribution is 2.23. The van der Waals surface area contributed by atoms with Crippen molar-refractivity contribution in [2.45, 2.75) is 79.2 Å². The van der Waals surface area contributed by atoms with Crippen LogP contribution in [0.25, 0.3) is 0 Å². The Hall–Kier alpha value is -0.610. The lowest BCUT2D eigenvalue weighted by atomic mass is 9.86. The molecule has 1 amide bonds. The van der Waals surface area contributed by atoms with Crippen molar-refractivity contribution >= 4 is 5.91 Å². The van der Waals surface area contributed by atoms with E-state index in [0.717, 1.165) is 38.8 Å². The number of nitrogens with one attached hydrogen (secondary N) is 1. The van der Waals surface area contributed by atoms with Crippen molar-refractivity contribution in [3.63, 3.8) is 0 Å². The van der Waals surface area contributed by atoms with E-state index in [2.05, 4.69) is 46.9 Å². The van der Waals surface area contributed by atoms with Crippen molar-refractivity contribution in [1.82, 2.24) is 5.32 Å². The molecule has 132 valence electrons. The number of amides is 1. The zero-order chi connectivity index (χ0) is 17.1. The number of carbonyl (C=O) groups excluding carboxylic acids is 1. The molecule has 0 radical (unpaired) electrons. The summed E-state index contributed by atoms with van der Waals surface area (Å²) in [5.74, 6) is 0.0861. The molecule has 0 spiro atoms. The normalized spacial score (nSPS) is 12.5. The van der Waals surface area contributed by atoms with Gasteiger partial charge in [-0.2, -0.15) is 0 Å². The predicted octanol–water partition coefficient (Wildman–Crippen LogP) is 3.93. The molecule has 0 atom stereocenters. The molecule has 0 unspecified atom stereocenters. The molecule has 0 aliphatic rings. The molecule has 0 saturated heterocycles. The van der Waals surface area contributed by atoms with Gasteiger partial charge in [-0.25, -0.2) is 0 Å². The molecule has 0 fully saturated rings. The van der Waals surface area contributed by atoms with Crippen molar-refractivity contribution in [2.75, 3.05) is 26.4 Å². The smallest absolute Gasteiger partial charge is 0.222 e. The van der Waals surface area contributed by atoms with Gasteiger partial charge in [0.05, 0.1) is 12.2 Å². The van der Waals surface area contributed by atoms with E-state index < -0.39 is 0 Å². The van der Waals surface area contributed by atoms with Gasteiger partial charge in [0, 0.05) is 26.2 Å². The minimum absolute atomic E-state index is 0.0642. The van der Waals surface area contributed by atoms with Crippen LogP contribution in [-0.2, 0) is 14.3 Å². The van der Waals surface area contributed by atoms with Gasteiger partial charge in [0.15, 0.2) is 0 Å². The van der Waals surface area contributed by atoms with Gasteiger partial charge < -0.3 is 14.8 Å². The third-order valence-electron chi connectivity index (χ3n) is 3.77. The van der Waals surface area contributed by atoms with Crippen LogP contribution in [0.4, 0.5) is 0 Å². The van der Waals surface area contributed by atoms with Gasteiger partial charge >= 0.3 is 0 Å². The van der Waals surface area contributed by atoms with Gasteiger partial charge in [-0.05, 0) is 45.4 Å². The fourth-order valence-electron chi connectivity index (χ4n) is 1.76. The number of hydrogen-bond acceptors (Lipinski definition) is 3. The predicted molar refractivity (Wildman–Crippen MR) is 92.1 cm³/mol. The average molecular weight is 315 g/mol. The standard InChI is InChI=1S/C18H37NO3/c1-7-18(5,6)11-12-19-16(20)10-15-21-13-8-9-14-22-17(2,3)4/h7-15H2,1-6H3,(H,19,20). The Labute approximate surface area is 137 Å². The fraction of sp³-hybridized carbons (Fsp3) is 0.944. The highest BCUT2D eigenvalue weighted by molar-refractivity contribution is 5.75. The van der Waals surface area contributed by atoms with Crippen LogP contribution in [0.2, 0.25) is 0 Å². The summed E-state index contributed by atoms with van der Waals surface area (Å²) in [5.41, 5.74) is 0.240. The van der Waals surface area contributed by atoms with Gasteiger partial charge in [-0.15, -0.1) is 0 Å². The second kappa shape index (κ2) is 11.0. The first kappa shape index (κ1) is 21.4. The summed E-state index contributed by atoms with van der Waals surface area (Å²) < 4.78 is 11.1. The quantitative estimate of drug-likeness (QED) is 0.555. The zero-order valence-electron chi connectivity index (χ0n) is 15.6.